The second-order valence-electron chi connectivity index (χ2n) is 7.07. The van der Waals surface area contributed by atoms with Gasteiger partial charge in [-0.05, 0) is 24.3 Å². The molecule has 0 radical (unpaired) electrons. The van der Waals surface area contributed by atoms with E-state index in [9.17, 15) is 13.2 Å². The van der Waals surface area contributed by atoms with Gasteiger partial charge in [-0.1, -0.05) is 0 Å². The molecule has 3 aromatic rings. The third-order valence-corrected chi connectivity index (χ3v) is 5.18. The van der Waals surface area contributed by atoms with Crippen LogP contribution < -0.4 is 36.1 Å². The van der Waals surface area contributed by atoms with Gasteiger partial charge in [0.15, 0.2) is 0 Å². The second kappa shape index (κ2) is 8.89. The fourth-order valence-electron chi connectivity index (χ4n) is 3.57. The van der Waals surface area contributed by atoms with Gasteiger partial charge in [-0.15, -0.1) is 0 Å². The number of benzene rings is 3. The summed E-state index contributed by atoms with van der Waals surface area (Å²) in [5.74, 6) is 0.572. The molecular formula is C23H24F3N3O4. The van der Waals surface area contributed by atoms with Crippen molar-refractivity contribution in [2.45, 2.75) is 6.18 Å². The van der Waals surface area contributed by atoms with Crippen molar-refractivity contribution in [1.82, 2.24) is 0 Å². The molecule has 10 heteroatoms. The van der Waals surface area contributed by atoms with E-state index in [-0.39, 0.29) is 34.0 Å². The maximum atomic E-state index is 13.7. The van der Waals surface area contributed by atoms with E-state index < -0.39 is 11.7 Å². The van der Waals surface area contributed by atoms with Crippen molar-refractivity contribution in [3.05, 3.63) is 42.0 Å². The van der Waals surface area contributed by atoms with Crippen LogP contribution >= 0.6 is 0 Å². The summed E-state index contributed by atoms with van der Waals surface area (Å²) in [5, 5.41) is 0. The molecule has 0 bridgehead atoms. The fourth-order valence-corrected chi connectivity index (χ4v) is 3.57. The number of hydrogen-bond donors (Lipinski definition) is 3. The first-order chi connectivity index (χ1) is 15.5. The number of nitrogen functional groups attached to an aromatic ring is 3. The Labute approximate surface area is 188 Å². The van der Waals surface area contributed by atoms with Gasteiger partial charge in [-0.2, -0.15) is 13.2 Å². The summed E-state index contributed by atoms with van der Waals surface area (Å²) in [7, 11) is 5.42. The van der Waals surface area contributed by atoms with Crippen LogP contribution in [0.15, 0.2) is 36.4 Å². The fraction of sp³-hybridized carbons (Fsp3) is 0.217. The molecule has 7 nitrogen and oxygen atoms in total. The highest BCUT2D eigenvalue weighted by atomic mass is 19.4. The number of hydrogen-bond acceptors (Lipinski definition) is 7. The minimum atomic E-state index is -4.66. The van der Waals surface area contributed by atoms with Crippen LogP contribution in [0.1, 0.15) is 5.56 Å². The van der Waals surface area contributed by atoms with Gasteiger partial charge < -0.3 is 36.1 Å². The topological polar surface area (TPSA) is 115 Å². The summed E-state index contributed by atoms with van der Waals surface area (Å²) in [4.78, 5) is 0. The van der Waals surface area contributed by atoms with E-state index in [0.717, 1.165) is 13.2 Å². The van der Waals surface area contributed by atoms with E-state index in [1.807, 2.05) is 0 Å². The largest absolute Gasteiger partial charge is 0.496 e. The van der Waals surface area contributed by atoms with Crippen LogP contribution in [-0.4, -0.2) is 28.4 Å². The number of rotatable bonds is 6. The Hall–Kier alpha value is -3.95. The van der Waals surface area contributed by atoms with Crippen LogP contribution in [0.25, 0.3) is 22.3 Å². The van der Waals surface area contributed by atoms with Crippen molar-refractivity contribution in [3.8, 4) is 45.3 Å². The van der Waals surface area contributed by atoms with E-state index in [1.165, 1.54) is 33.5 Å². The maximum absolute atomic E-state index is 13.7. The summed E-state index contributed by atoms with van der Waals surface area (Å²) in [6, 6.07) is 8.33. The van der Waals surface area contributed by atoms with Crippen molar-refractivity contribution >= 4 is 17.1 Å². The molecule has 33 heavy (non-hydrogen) atoms. The summed E-state index contributed by atoms with van der Waals surface area (Å²) in [5.41, 5.74) is 19.6. The first-order valence-corrected chi connectivity index (χ1v) is 9.60. The lowest BCUT2D eigenvalue weighted by Gasteiger charge is -2.20. The molecule has 6 N–H and O–H groups in total. The van der Waals surface area contributed by atoms with Crippen LogP contribution in [0.3, 0.4) is 0 Å². The molecule has 3 aromatic carbocycles. The molecule has 0 aliphatic carbocycles. The molecule has 0 saturated carbocycles. The lowest BCUT2D eigenvalue weighted by Crippen LogP contribution is -2.09. The standard InChI is InChI=1S/C23H24F3N3O4/c1-30-19-9-21(32-3)15(23(24,25)26)6-13(19)11-5-12(17(28)8-16(11)27)14-7-18(29)22(33-4)10-20(14)31-2/h5-10H,27-29H2,1-4H3. The highest BCUT2D eigenvalue weighted by Gasteiger charge is 2.36. The number of methoxy groups -OCH3 is 4. The number of anilines is 3. The molecule has 0 aliphatic rings. The predicted octanol–water partition coefficient (Wildman–Crippen LogP) is 4.82. The van der Waals surface area contributed by atoms with E-state index in [0.29, 0.717) is 28.3 Å². The van der Waals surface area contributed by atoms with Gasteiger partial charge in [0.05, 0.1) is 39.7 Å². The van der Waals surface area contributed by atoms with E-state index in [1.54, 1.807) is 18.2 Å². The highest BCUT2D eigenvalue weighted by molar-refractivity contribution is 5.93. The predicted molar refractivity (Wildman–Crippen MR) is 122 cm³/mol. The molecule has 176 valence electrons. The summed E-state index contributed by atoms with van der Waals surface area (Å²) >= 11 is 0. The van der Waals surface area contributed by atoms with Gasteiger partial charge in [0.1, 0.15) is 23.0 Å². The third-order valence-electron chi connectivity index (χ3n) is 5.18. The maximum Gasteiger partial charge on any atom is 0.419 e. The Balaban J connectivity index is 2.33. The van der Waals surface area contributed by atoms with E-state index in [4.69, 9.17) is 36.1 Å². The molecule has 0 aromatic heterocycles. The third kappa shape index (κ3) is 4.36. The van der Waals surface area contributed by atoms with Gasteiger partial charge in [-0.25, -0.2) is 0 Å². The molecule has 3 rings (SSSR count). The lowest BCUT2D eigenvalue weighted by molar-refractivity contribution is -0.138. The smallest absolute Gasteiger partial charge is 0.419 e. The van der Waals surface area contributed by atoms with Crippen LogP contribution in [-0.2, 0) is 6.18 Å². The van der Waals surface area contributed by atoms with Crippen LogP contribution in [0.5, 0.6) is 23.0 Å². The average molecular weight is 463 g/mol. The summed E-state index contributed by atoms with van der Waals surface area (Å²) < 4.78 is 62.0. The van der Waals surface area contributed by atoms with Gasteiger partial charge in [0, 0.05) is 45.8 Å². The van der Waals surface area contributed by atoms with E-state index >= 15 is 0 Å². The molecule has 0 aliphatic heterocycles. The summed E-state index contributed by atoms with van der Waals surface area (Å²) in [6.45, 7) is 0. The number of halogens is 3. The Morgan fingerprint density at radius 2 is 0.970 bits per heavy atom. The normalized spacial score (nSPS) is 11.2. The Bertz CT molecular complexity index is 1200. The number of ether oxygens (including phenoxy) is 4. The van der Waals surface area contributed by atoms with Gasteiger partial charge in [0.2, 0.25) is 0 Å². The van der Waals surface area contributed by atoms with Crippen LogP contribution in [0.2, 0.25) is 0 Å². The minimum Gasteiger partial charge on any atom is -0.496 e. The molecule has 0 amide bonds. The zero-order valence-electron chi connectivity index (χ0n) is 18.5. The van der Waals surface area contributed by atoms with Crippen LogP contribution in [0.4, 0.5) is 30.2 Å². The number of alkyl halides is 3. The van der Waals surface area contributed by atoms with Crippen molar-refractivity contribution < 1.29 is 32.1 Å². The average Bonchev–Trinajstić information content (AvgIpc) is 2.77. The van der Waals surface area contributed by atoms with Crippen molar-refractivity contribution in [2.75, 3.05) is 45.6 Å². The molecule has 0 fully saturated rings. The lowest BCUT2D eigenvalue weighted by atomic mass is 9.93. The van der Waals surface area contributed by atoms with E-state index in [2.05, 4.69) is 0 Å². The Morgan fingerprint density at radius 3 is 1.42 bits per heavy atom. The second-order valence-corrected chi connectivity index (χ2v) is 7.07. The van der Waals surface area contributed by atoms with Crippen molar-refractivity contribution in [2.24, 2.45) is 0 Å². The molecule has 0 atom stereocenters. The summed E-state index contributed by atoms with van der Waals surface area (Å²) in [6.07, 6.45) is -4.66. The van der Waals surface area contributed by atoms with Gasteiger partial charge in [0.25, 0.3) is 0 Å². The SMILES string of the molecule is COc1cc(OC)c(-c2cc(-c3cc(C(F)(F)F)c(OC)cc3OC)c(N)cc2N)cc1N. The van der Waals surface area contributed by atoms with Crippen molar-refractivity contribution in [3.63, 3.8) is 0 Å². The van der Waals surface area contributed by atoms with Gasteiger partial charge >= 0.3 is 6.18 Å². The molecular weight excluding hydrogens is 439 g/mol. The highest BCUT2D eigenvalue weighted by Crippen LogP contribution is 2.47. The Kier molecular flexibility index (Phi) is 6.39. The zero-order valence-corrected chi connectivity index (χ0v) is 18.5. The number of nitrogens with two attached hydrogens (primary N) is 3. The van der Waals surface area contributed by atoms with Gasteiger partial charge in [-0.3, -0.25) is 0 Å². The molecule has 0 heterocycles. The monoisotopic (exact) mass is 463 g/mol. The molecule has 0 saturated heterocycles. The Morgan fingerprint density at radius 1 is 0.515 bits per heavy atom. The molecule has 0 unspecified atom stereocenters. The van der Waals surface area contributed by atoms with Crippen LogP contribution in [0, 0.1) is 0 Å². The minimum absolute atomic E-state index is 0.116. The first-order valence-electron chi connectivity index (χ1n) is 9.60. The first kappa shape index (κ1) is 23.7. The zero-order chi connectivity index (χ0) is 24.5. The van der Waals surface area contributed by atoms with Crippen molar-refractivity contribution in [1.29, 1.82) is 0 Å². The molecule has 0 spiro atoms. The quantitative estimate of drug-likeness (QED) is 0.449.